The van der Waals surface area contributed by atoms with Crippen molar-refractivity contribution in [2.75, 3.05) is 11.9 Å². The summed E-state index contributed by atoms with van der Waals surface area (Å²) in [4.78, 5) is 40.8. The molecule has 5 unspecified atom stereocenters. The Labute approximate surface area is 191 Å². The van der Waals surface area contributed by atoms with Crippen molar-refractivity contribution < 1.29 is 14.4 Å². The second-order valence-electron chi connectivity index (χ2n) is 8.35. The molecule has 0 aromatic heterocycles. The van der Waals surface area contributed by atoms with Crippen molar-refractivity contribution in [3.8, 4) is 0 Å². The quantitative estimate of drug-likeness (QED) is 0.543. The summed E-state index contributed by atoms with van der Waals surface area (Å²) in [7, 11) is 0. The van der Waals surface area contributed by atoms with Crippen molar-refractivity contribution in [3.05, 3.63) is 28.2 Å². The number of anilines is 1. The number of piperidine rings is 2. The Kier molecular flexibility index (Phi) is 6.71. The van der Waals surface area contributed by atoms with Crippen LogP contribution in [0.1, 0.15) is 39.0 Å². The molecule has 1 aromatic carbocycles. The second-order valence-corrected chi connectivity index (χ2v) is 9.13. The first kappa shape index (κ1) is 22.3. The summed E-state index contributed by atoms with van der Waals surface area (Å²) in [5, 5.41) is 12.5. The summed E-state index contributed by atoms with van der Waals surface area (Å²) in [6.07, 6.45) is 3.24. The monoisotopic (exact) mass is 467 g/mol. The number of hydrogen-bond donors (Lipinski definition) is 4. The molecule has 3 saturated heterocycles. The van der Waals surface area contributed by atoms with Gasteiger partial charge in [-0.2, -0.15) is 0 Å². The highest BCUT2D eigenvalue weighted by atomic mass is 35.5. The van der Waals surface area contributed by atoms with E-state index in [0.29, 0.717) is 16.8 Å². The number of likely N-dealkylation sites (tertiary alicyclic amines) is 1. The molecule has 3 heterocycles. The first-order valence-corrected chi connectivity index (χ1v) is 11.5. The molecular weight excluding hydrogens is 441 g/mol. The summed E-state index contributed by atoms with van der Waals surface area (Å²) in [5.74, 6) is -2.51. The van der Waals surface area contributed by atoms with Crippen molar-refractivity contribution in [3.63, 3.8) is 0 Å². The normalized spacial score (nSPS) is 31.4. The first-order chi connectivity index (χ1) is 14.9. The van der Waals surface area contributed by atoms with Gasteiger partial charge in [-0.15, -0.1) is 0 Å². The number of nitrogens with one attached hydrogen (secondary N) is 4. The third-order valence-electron chi connectivity index (χ3n) is 6.46. The average molecular weight is 468 g/mol. The molecule has 10 heteroatoms. The van der Waals surface area contributed by atoms with Crippen LogP contribution in [0.4, 0.5) is 5.69 Å². The van der Waals surface area contributed by atoms with Gasteiger partial charge in [-0.25, -0.2) is 0 Å². The summed E-state index contributed by atoms with van der Waals surface area (Å²) in [6.45, 7) is 3.01. The van der Waals surface area contributed by atoms with Crippen LogP contribution < -0.4 is 21.3 Å². The molecule has 3 aliphatic rings. The number of halogens is 2. The number of rotatable bonds is 4. The summed E-state index contributed by atoms with van der Waals surface area (Å²) in [5.41, 5.74) is 0.350. The van der Waals surface area contributed by atoms with Gasteiger partial charge < -0.3 is 16.0 Å². The Hall–Kier alpha value is -1.87. The minimum Gasteiger partial charge on any atom is -0.340 e. The van der Waals surface area contributed by atoms with Crippen molar-refractivity contribution in [1.29, 1.82) is 0 Å². The highest BCUT2D eigenvalue weighted by Crippen LogP contribution is 2.33. The van der Waals surface area contributed by atoms with Gasteiger partial charge in [0.1, 0.15) is 6.29 Å². The van der Waals surface area contributed by atoms with Gasteiger partial charge in [-0.1, -0.05) is 42.6 Å². The summed E-state index contributed by atoms with van der Waals surface area (Å²) < 4.78 is 0. The number of benzene rings is 1. The van der Waals surface area contributed by atoms with Gasteiger partial charge in [0.15, 0.2) is 0 Å². The maximum Gasteiger partial charge on any atom is 0.229 e. The standard InChI is InChI=1S/C21H27Cl2N5O3/c1-2-11-6-3-4-9-28(11)21-26-18-16(20(31)27-21)12(10-15(29)25-18)19(30)24-14-8-5-7-13(22)17(14)23/h5,7-8,11-12,16,18,21,26H,2-4,6,9-10H2,1H3,(H,24,30)(H,25,29)(H,27,31). The minimum atomic E-state index is -0.828. The molecule has 0 spiro atoms. The lowest BCUT2D eigenvalue weighted by Gasteiger charge is -2.49. The molecule has 3 amide bonds. The lowest BCUT2D eigenvalue weighted by molar-refractivity contribution is -0.148. The molecule has 3 aliphatic heterocycles. The predicted molar refractivity (Wildman–Crippen MR) is 118 cm³/mol. The molecule has 168 valence electrons. The highest BCUT2D eigenvalue weighted by Gasteiger charge is 2.49. The topological polar surface area (TPSA) is 103 Å². The number of nitrogens with zero attached hydrogens (tertiary/aromatic N) is 1. The molecule has 0 bridgehead atoms. The van der Waals surface area contributed by atoms with Gasteiger partial charge in [0, 0.05) is 19.0 Å². The molecule has 4 rings (SSSR count). The van der Waals surface area contributed by atoms with Crippen LogP contribution in [-0.2, 0) is 14.4 Å². The molecule has 1 aromatic rings. The van der Waals surface area contributed by atoms with Gasteiger partial charge in [0.2, 0.25) is 17.7 Å². The Balaban J connectivity index is 1.52. The zero-order chi connectivity index (χ0) is 22.1. The molecule has 3 fully saturated rings. The SMILES string of the molecule is CCC1CCCCN1C1NC(=O)C2C(NC(=O)CC2C(=O)Nc2cccc(Cl)c2Cl)N1. The number of carbonyl (C=O) groups is 3. The molecule has 31 heavy (non-hydrogen) atoms. The van der Waals surface area contributed by atoms with E-state index in [-0.39, 0.29) is 29.5 Å². The third-order valence-corrected chi connectivity index (χ3v) is 7.27. The molecule has 0 aliphatic carbocycles. The minimum absolute atomic E-state index is 0.0771. The van der Waals surface area contributed by atoms with E-state index in [9.17, 15) is 14.4 Å². The van der Waals surface area contributed by atoms with E-state index in [2.05, 4.69) is 33.1 Å². The van der Waals surface area contributed by atoms with E-state index in [1.54, 1.807) is 18.2 Å². The summed E-state index contributed by atoms with van der Waals surface area (Å²) >= 11 is 12.2. The van der Waals surface area contributed by atoms with E-state index in [1.165, 1.54) is 6.42 Å². The van der Waals surface area contributed by atoms with Crippen LogP contribution in [0.3, 0.4) is 0 Å². The van der Waals surface area contributed by atoms with Crippen LogP contribution in [0.25, 0.3) is 0 Å². The van der Waals surface area contributed by atoms with Crippen LogP contribution in [0, 0.1) is 11.8 Å². The Morgan fingerprint density at radius 3 is 2.81 bits per heavy atom. The predicted octanol–water partition coefficient (Wildman–Crippen LogP) is 2.28. The fraction of sp³-hybridized carbons (Fsp3) is 0.571. The van der Waals surface area contributed by atoms with Crippen molar-refractivity contribution in [2.24, 2.45) is 11.8 Å². The van der Waals surface area contributed by atoms with E-state index >= 15 is 0 Å². The Bertz CT molecular complexity index is 883. The van der Waals surface area contributed by atoms with Gasteiger partial charge in [0.05, 0.1) is 33.7 Å². The zero-order valence-electron chi connectivity index (χ0n) is 17.3. The number of amides is 3. The maximum atomic E-state index is 13.1. The average Bonchev–Trinajstić information content (AvgIpc) is 2.75. The second kappa shape index (κ2) is 9.32. The number of fused-ring (bicyclic) bond motifs is 1. The smallest absolute Gasteiger partial charge is 0.229 e. The van der Waals surface area contributed by atoms with Gasteiger partial charge in [-0.3, -0.25) is 24.6 Å². The largest absolute Gasteiger partial charge is 0.340 e. The van der Waals surface area contributed by atoms with Crippen LogP contribution in [0.5, 0.6) is 0 Å². The number of carbonyl (C=O) groups excluding carboxylic acids is 3. The van der Waals surface area contributed by atoms with Crippen LogP contribution in [0.15, 0.2) is 18.2 Å². The van der Waals surface area contributed by atoms with Crippen molar-refractivity contribution in [2.45, 2.75) is 57.5 Å². The van der Waals surface area contributed by atoms with Crippen molar-refractivity contribution in [1.82, 2.24) is 20.9 Å². The highest BCUT2D eigenvalue weighted by molar-refractivity contribution is 6.44. The third kappa shape index (κ3) is 4.53. The van der Waals surface area contributed by atoms with Gasteiger partial charge in [0.25, 0.3) is 0 Å². The van der Waals surface area contributed by atoms with E-state index in [0.717, 1.165) is 25.8 Å². The Morgan fingerprint density at radius 1 is 1.23 bits per heavy atom. The summed E-state index contributed by atoms with van der Waals surface area (Å²) in [6, 6.07) is 5.28. The van der Waals surface area contributed by atoms with Crippen LogP contribution in [-0.4, -0.2) is 47.7 Å². The lowest BCUT2D eigenvalue weighted by atomic mass is 9.81. The first-order valence-electron chi connectivity index (χ1n) is 10.8. The fourth-order valence-corrected chi connectivity index (χ4v) is 5.21. The molecular formula is C21H27Cl2N5O3. The van der Waals surface area contributed by atoms with E-state index < -0.39 is 23.9 Å². The molecule has 5 atom stereocenters. The lowest BCUT2D eigenvalue weighted by Crippen LogP contribution is -2.75. The maximum absolute atomic E-state index is 13.1. The van der Waals surface area contributed by atoms with Crippen molar-refractivity contribution >= 4 is 46.6 Å². The molecule has 4 N–H and O–H groups in total. The molecule has 0 radical (unpaired) electrons. The van der Waals surface area contributed by atoms with Gasteiger partial charge in [-0.05, 0) is 31.4 Å². The van der Waals surface area contributed by atoms with Crippen LogP contribution >= 0.6 is 23.2 Å². The zero-order valence-corrected chi connectivity index (χ0v) is 18.8. The van der Waals surface area contributed by atoms with Crippen LogP contribution in [0.2, 0.25) is 10.0 Å². The Morgan fingerprint density at radius 2 is 2.03 bits per heavy atom. The van der Waals surface area contributed by atoms with E-state index in [1.807, 2.05) is 0 Å². The molecule has 0 saturated carbocycles. The van der Waals surface area contributed by atoms with E-state index in [4.69, 9.17) is 23.2 Å². The molecule has 8 nitrogen and oxygen atoms in total. The van der Waals surface area contributed by atoms with Gasteiger partial charge >= 0.3 is 0 Å². The number of hydrogen-bond acceptors (Lipinski definition) is 5. The fourth-order valence-electron chi connectivity index (χ4n) is 4.86.